The monoisotopic (exact) mass is 368 g/mol. The number of halogens is 3. The molecule has 0 amide bonds. The minimum Gasteiger partial charge on any atom is -0.271 e. The summed E-state index contributed by atoms with van der Waals surface area (Å²) in [5.41, 5.74) is 2.43. The summed E-state index contributed by atoms with van der Waals surface area (Å²) in [5, 5.41) is 1.02. The second-order valence-corrected chi connectivity index (χ2v) is 6.51. The lowest BCUT2D eigenvalue weighted by Gasteiger charge is -2.17. The minimum atomic E-state index is -0.736. The third-order valence-corrected chi connectivity index (χ3v) is 5.06. The maximum atomic E-state index is 14.3. The van der Waals surface area contributed by atoms with Crippen LogP contribution in [-0.4, -0.2) is 0 Å². The summed E-state index contributed by atoms with van der Waals surface area (Å²) in [5.74, 6) is 4.28. The van der Waals surface area contributed by atoms with Crippen LogP contribution < -0.4 is 11.3 Å². The third kappa shape index (κ3) is 2.60. The number of nitrogens with one attached hydrogen (secondary N) is 1. The van der Waals surface area contributed by atoms with Crippen LogP contribution in [0.3, 0.4) is 0 Å². The highest BCUT2D eigenvalue weighted by molar-refractivity contribution is 9.10. The summed E-state index contributed by atoms with van der Waals surface area (Å²) in [4.78, 5) is 0.759. The highest BCUT2D eigenvalue weighted by atomic mass is 79.9. The molecule has 3 N–H and O–H groups in total. The quantitative estimate of drug-likeness (QED) is 0.406. The van der Waals surface area contributed by atoms with Gasteiger partial charge in [0.2, 0.25) is 0 Å². The molecule has 1 aromatic heterocycles. The summed E-state index contributed by atoms with van der Waals surface area (Å²) >= 11 is 4.53. The molecule has 0 spiro atoms. The molecule has 108 valence electrons. The zero-order chi connectivity index (χ0) is 15.0. The molecule has 1 atom stereocenters. The zero-order valence-electron chi connectivity index (χ0n) is 10.7. The Balaban J connectivity index is 2.16. The van der Waals surface area contributed by atoms with Crippen molar-refractivity contribution in [3.63, 3.8) is 0 Å². The standard InChI is InChI=1S/C15H11BrF2N2S/c16-9-5-6-10(17)13(14(9)18)15(20-19)12-7-8-3-1-2-4-11(8)21-12/h1-7,15,20H,19H2. The fourth-order valence-electron chi connectivity index (χ4n) is 2.26. The average molecular weight is 369 g/mol. The van der Waals surface area contributed by atoms with Gasteiger partial charge in [-0.15, -0.1) is 11.3 Å². The molecular formula is C15H11BrF2N2S. The fraction of sp³-hybridized carbons (Fsp3) is 0.0667. The molecule has 21 heavy (non-hydrogen) atoms. The summed E-state index contributed by atoms with van der Waals surface area (Å²) < 4.78 is 29.6. The van der Waals surface area contributed by atoms with Crippen LogP contribution in [0.15, 0.2) is 46.9 Å². The van der Waals surface area contributed by atoms with Crippen molar-refractivity contribution in [3.8, 4) is 0 Å². The Hall–Kier alpha value is -1.34. The maximum absolute atomic E-state index is 14.3. The van der Waals surface area contributed by atoms with Gasteiger partial charge in [0.15, 0.2) is 0 Å². The van der Waals surface area contributed by atoms with Gasteiger partial charge in [0.1, 0.15) is 11.6 Å². The topological polar surface area (TPSA) is 38.0 Å². The summed E-state index contributed by atoms with van der Waals surface area (Å²) in [6.45, 7) is 0. The lowest BCUT2D eigenvalue weighted by atomic mass is 10.0. The molecule has 6 heteroatoms. The normalized spacial score (nSPS) is 12.8. The van der Waals surface area contributed by atoms with Crippen molar-refractivity contribution in [3.05, 3.63) is 69.0 Å². The van der Waals surface area contributed by atoms with Gasteiger partial charge >= 0.3 is 0 Å². The molecule has 0 radical (unpaired) electrons. The predicted molar refractivity (Wildman–Crippen MR) is 85.0 cm³/mol. The lowest BCUT2D eigenvalue weighted by molar-refractivity contribution is 0.510. The van der Waals surface area contributed by atoms with Gasteiger partial charge in [-0.05, 0) is 45.6 Å². The molecule has 3 aromatic rings. The molecule has 0 fully saturated rings. The molecule has 2 aromatic carbocycles. The van der Waals surface area contributed by atoms with E-state index < -0.39 is 17.7 Å². The molecule has 0 aliphatic rings. The molecule has 2 nitrogen and oxygen atoms in total. The van der Waals surface area contributed by atoms with E-state index in [1.54, 1.807) is 0 Å². The van der Waals surface area contributed by atoms with Crippen LogP contribution in [0.4, 0.5) is 8.78 Å². The van der Waals surface area contributed by atoms with Crippen LogP contribution in [0.2, 0.25) is 0 Å². The second kappa shape index (κ2) is 5.81. The first kappa shape index (κ1) is 14.6. The molecule has 0 bridgehead atoms. The second-order valence-electron chi connectivity index (χ2n) is 4.54. The minimum absolute atomic E-state index is 0.0848. The molecule has 0 saturated carbocycles. The highest BCUT2D eigenvalue weighted by Crippen LogP contribution is 2.36. The number of hydrogen-bond donors (Lipinski definition) is 2. The SMILES string of the molecule is NNC(c1cc2ccccc2s1)c1c(F)ccc(Br)c1F. The Morgan fingerprint density at radius 3 is 2.62 bits per heavy atom. The number of rotatable bonds is 3. The van der Waals surface area contributed by atoms with Crippen molar-refractivity contribution in [2.45, 2.75) is 6.04 Å². The van der Waals surface area contributed by atoms with Crippen molar-refractivity contribution in [1.29, 1.82) is 0 Å². The molecule has 3 rings (SSSR count). The van der Waals surface area contributed by atoms with Crippen LogP contribution in [0.25, 0.3) is 10.1 Å². The number of hydrogen-bond acceptors (Lipinski definition) is 3. The van der Waals surface area contributed by atoms with Gasteiger partial charge in [0.25, 0.3) is 0 Å². The van der Waals surface area contributed by atoms with Crippen molar-refractivity contribution in [2.75, 3.05) is 0 Å². The Kier molecular flexibility index (Phi) is 4.03. The molecule has 1 heterocycles. The van der Waals surface area contributed by atoms with Crippen LogP contribution in [0.1, 0.15) is 16.5 Å². The molecule has 0 aliphatic heterocycles. The number of nitrogens with two attached hydrogens (primary N) is 1. The molecule has 1 unspecified atom stereocenters. The number of fused-ring (bicyclic) bond motifs is 1. The van der Waals surface area contributed by atoms with Crippen LogP contribution >= 0.6 is 27.3 Å². The molecule has 0 saturated heterocycles. The predicted octanol–water partition coefficient (Wildman–Crippen LogP) is 4.49. The van der Waals surface area contributed by atoms with Crippen molar-refractivity contribution in [1.82, 2.24) is 5.43 Å². The van der Waals surface area contributed by atoms with E-state index in [-0.39, 0.29) is 10.0 Å². The smallest absolute Gasteiger partial charge is 0.145 e. The van der Waals surface area contributed by atoms with E-state index in [2.05, 4.69) is 21.4 Å². The van der Waals surface area contributed by atoms with Gasteiger partial charge in [0.05, 0.1) is 10.5 Å². The largest absolute Gasteiger partial charge is 0.271 e. The third-order valence-electron chi connectivity index (χ3n) is 3.26. The van der Waals surface area contributed by atoms with Gasteiger partial charge in [-0.3, -0.25) is 5.84 Å². The number of hydrazine groups is 1. The van der Waals surface area contributed by atoms with Gasteiger partial charge in [-0.25, -0.2) is 14.2 Å². The average Bonchev–Trinajstić information content (AvgIpc) is 2.91. The van der Waals surface area contributed by atoms with E-state index in [1.165, 1.54) is 23.5 Å². The van der Waals surface area contributed by atoms with E-state index in [4.69, 9.17) is 5.84 Å². The first-order valence-corrected chi connectivity index (χ1v) is 7.80. The zero-order valence-corrected chi connectivity index (χ0v) is 13.1. The van der Waals surface area contributed by atoms with E-state index in [1.807, 2.05) is 30.3 Å². The van der Waals surface area contributed by atoms with Gasteiger partial charge in [-0.2, -0.15) is 0 Å². The van der Waals surface area contributed by atoms with E-state index >= 15 is 0 Å². The van der Waals surface area contributed by atoms with E-state index in [0.29, 0.717) is 0 Å². The summed E-state index contributed by atoms with van der Waals surface area (Å²) in [7, 11) is 0. The fourth-order valence-corrected chi connectivity index (χ4v) is 3.74. The number of benzene rings is 2. The van der Waals surface area contributed by atoms with Crippen LogP contribution in [0, 0.1) is 11.6 Å². The van der Waals surface area contributed by atoms with E-state index in [0.717, 1.165) is 15.0 Å². The Bertz CT molecular complexity index is 770. The molecular weight excluding hydrogens is 358 g/mol. The van der Waals surface area contributed by atoms with Gasteiger partial charge < -0.3 is 0 Å². The summed E-state index contributed by atoms with van der Waals surface area (Å²) in [6.07, 6.45) is 0. The lowest BCUT2D eigenvalue weighted by Crippen LogP contribution is -2.29. The number of thiophene rings is 1. The highest BCUT2D eigenvalue weighted by Gasteiger charge is 2.24. The Labute approximate surface area is 132 Å². The maximum Gasteiger partial charge on any atom is 0.145 e. The Morgan fingerprint density at radius 1 is 1.14 bits per heavy atom. The van der Waals surface area contributed by atoms with E-state index in [9.17, 15) is 8.78 Å². The van der Waals surface area contributed by atoms with Crippen LogP contribution in [-0.2, 0) is 0 Å². The van der Waals surface area contributed by atoms with Gasteiger partial charge in [0, 0.05) is 15.1 Å². The first-order valence-electron chi connectivity index (χ1n) is 6.20. The van der Waals surface area contributed by atoms with Gasteiger partial charge in [-0.1, -0.05) is 18.2 Å². The summed E-state index contributed by atoms with van der Waals surface area (Å²) in [6, 6.07) is 11.5. The van der Waals surface area contributed by atoms with Crippen LogP contribution in [0.5, 0.6) is 0 Å². The Morgan fingerprint density at radius 2 is 1.90 bits per heavy atom. The van der Waals surface area contributed by atoms with Crippen molar-refractivity contribution < 1.29 is 8.78 Å². The molecule has 0 aliphatic carbocycles. The first-order chi connectivity index (χ1) is 10.1. The van der Waals surface area contributed by atoms with Crippen molar-refractivity contribution >= 4 is 37.4 Å². The van der Waals surface area contributed by atoms with Crippen molar-refractivity contribution in [2.24, 2.45) is 5.84 Å².